The number of amides is 1. The van der Waals surface area contributed by atoms with Gasteiger partial charge in [0.05, 0.1) is 11.5 Å². The average molecular weight is 347 g/mol. The highest BCUT2D eigenvalue weighted by Gasteiger charge is 2.33. The lowest BCUT2D eigenvalue weighted by atomic mass is 10.1. The smallest absolute Gasteiger partial charge is 0.247 e. The average Bonchev–Trinajstić information content (AvgIpc) is 2.91. The maximum Gasteiger partial charge on any atom is 0.247 e. The van der Waals surface area contributed by atoms with Gasteiger partial charge in [0.15, 0.2) is 9.84 Å². The molecule has 1 saturated heterocycles. The molecule has 0 bridgehead atoms. The van der Waals surface area contributed by atoms with E-state index in [0.29, 0.717) is 13.0 Å². The van der Waals surface area contributed by atoms with Gasteiger partial charge in [0.25, 0.3) is 0 Å². The number of carbonyl (C=O) groups excluding carboxylic acids is 1. The first-order chi connectivity index (χ1) is 11.4. The van der Waals surface area contributed by atoms with Crippen molar-refractivity contribution >= 4 is 15.7 Å². The van der Waals surface area contributed by atoms with Gasteiger partial charge in [-0.2, -0.15) is 0 Å². The summed E-state index contributed by atoms with van der Waals surface area (Å²) < 4.78 is 23.3. The summed E-state index contributed by atoms with van der Waals surface area (Å²) in [6.07, 6.45) is 5.49. The van der Waals surface area contributed by atoms with E-state index in [2.05, 4.69) is 18.7 Å². The molecule has 1 aromatic rings. The highest BCUT2D eigenvalue weighted by Crippen LogP contribution is 2.19. The van der Waals surface area contributed by atoms with E-state index in [-0.39, 0.29) is 23.5 Å². The van der Waals surface area contributed by atoms with Crippen LogP contribution in [0.25, 0.3) is 0 Å². The molecule has 0 aromatic heterocycles. The minimum absolute atomic E-state index is 0.0590. The zero-order valence-electron chi connectivity index (χ0n) is 14.1. The van der Waals surface area contributed by atoms with Crippen LogP contribution in [-0.4, -0.2) is 43.3 Å². The molecule has 24 heavy (non-hydrogen) atoms. The molecule has 0 N–H and O–H groups in total. The lowest BCUT2D eigenvalue weighted by Gasteiger charge is -2.26. The Hall–Kier alpha value is -1.88. The standard InChI is InChI=1S/C19H25NO3S/c1-3-12-20(18-11-13-24(22,23)15-18)19(21)14-16(2)9-10-17-7-5-4-6-8-17/h3-8,14,18H,1,9-13,15H2,2H3/b16-14-/t18-/m0/s1. The van der Waals surface area contributed by atoms with Gasteiger partial charge in [0, 0.05) is 18.7 Å². The van der Waals surface area contributed by atoms with Gasteiger partial charge in [-0.1, -0.05) is 42.0 Å². The predicted octanol–water partition coefficient (Wildman–Crippen LogP) is 2.77. The molecule has 1 atom stereocenters. The summed E-state index contributed by atoms with van der Waals surface area (Å²) in [6, 6.07) is 9.90. The van der Waals surface area contributed by atoms with Crippen LogP contribution in [0, 0.1) is 0 Å². The summed E-state index contributed by atoms with van der Waals surface area (Å²) in [5.74, 6) is 0.0984. The summed E-state index contributed by atoms with van der Waals surface area (Å²) in [5, 5.41) is 0. The van der Waals surface area contributed by atoms with Gasteiger partial charge < -0.3 is 4.90 Å². The SMILES string of the molecule is C=CCN(C(=O)/C=C(/C)CCc1ccccc1)[C@H]1CCS(=O)(=O)C1. The summed E-state index contributed by atoms with van der Waals surface area (Å²) >= 11 is 0. The van der Waals surface area contributed by atoms with Crippen molar-refractivity contribution in [2.75, 3.05) is 18.1 Å². The summed E-state index contributed by atoms with van der Waals surface area (Å²) in [4.78, 5) is 14.2. The van der Waals surface area contributed by atoms with Crippen molar-refractivity contribution in [3.8, 4) is 0 Å². The van der Waals surface area contributed by atoms with Crippen LogP contribution in [0.1, 0.15) is 25.3 Å². The highest BCUT2D eigenvalue weighted by atomic mass is 32.2. The lowest BCUT2D eigenvalue weighted by molar-refractivity contribution is -0.127. The Labute approximate surface area is 144 Å². The molecule has 5 heteroatoms. The fraction of sp³-hybridized carbons (Fsp3) is 0.421. The van der Waals surface area contributed by atoms with E-state index in [1.807, 2.05) is 25.1 Å². The van der Waals surface area contributed by atoms with Gasteiger partial charge in [-0.3, -0.25) is 4.79 Å². The molecule has 1 aliphatic heterocycles. The minimum atomic E-state index is -3.02. The third kappa shape index (κ3) is 5.34. The van der Waals surface area contributed by atoms with Gasteiger partial charge >= 0.3 is 0 Å². The molecule has 130 valence electrons. The van der Waals surface area contributed by atoms with Gasteiger partial charge in [0.1, 0.15) is 0 Å². The van der Waals surface area contributed by atoms with Crippen molar-refractivity contribution < 1.29 is 13.2 Å². The van der Waals surface area contributed by atoms with Gasteiger partial charge in [-0.25, -0.2) is 8.42 Å². The fourth-order valence-electron chi connectivity index (χ4n) is 2.93. The first kappa shape index (κ1) is 18.5. The van der Waals surface area contributed by atoms with Crippen LogP contribution in [0.15, 0.2) is 54.6 Å². The Kier molecular flexibility index (Phi) is 6.37. The number of hydrogen-bond donors (Lipinski definition) is 0. The van der Waals surface area contributed by atoms with Gasteiger partial charge in [-0.05, 0) is 31.7 Å². The minimum Gasteiger partial charge on any atom is -0.331 e. The quantitative estimate of drug-likeness (QED) is 0.563. The van der Waals surface area contributed by atoms with Crippen LogP contribution in [0.4, 0.5) is 0 Å². The van der Waals surface area contributed by atoms with Crippen LogP contribution in [0.5, 0.6) is 0 Å². The molecule has 1 aliphatic rings. The lowest BCUT2D eigenvalue weighted by Crippen LogP contribution is -2.40. The number of nitrogens with zero attached hydrogens (tertiary/aromatic N) is 1. The van der Waals surface area contributed by atoms with Crippen LogP contribution < -0.4 is 0 Å². The molecule has 0 saturated carbocycles. The van der Waals surface area contributed by atoms with E-state index in [0.717, 1.165) is 18.4 Å². The molecule has 1 fully saturated rings. The number of aryl methyl sites for hydroxylation is 1. The van der Waals surface area contributed by atoms with Crippen molar-refractivity contribution in [3.05, 3.63) is 60.2 Å². The summed E-state index contributed by atoms with van der Waals surface area (Å²) in [5.41, 5.74) is 2.24. The summed E-state index contributed by atoms with van der Waals surface area (Å²) in [6.45, 7) is 6.00. The summed E-state index contributed by atoms with van der Waals surface area (Å²) in [7, 11) is -3.02. The van der Waals surface area contributed by atoms with Crippen molar-refractivity contribution in [1.29, 1.82) is 0 Å². The van der Waals surface area contributed by atoms with Crippen molar-refractivity contribution in [1.82, 2.24) is 4.90 Å². The molecule has 0 spiro atoms. The van der Waals surface area contributed by atoms with Crippen LogP contribution in [0.3, 0.4) is 0 Å². The zero-order chi connectivity index (χ0) is 17.6. The Bertz CT molecular complexity index is 707. The van der Waals surface area contributed by atoms with Crippen LogP contribution in [0.2, 0.25) is 0 Å². The monoisotopic (exact) mass is 347 g/mol. The second kappa shape index (κ2) is 8.29. The molecule has 1 aromatic carbocycles. The molecule has 2 rings (SSSR count). The van der Waals surface area contributed by atoms with Gasteiger partial charge in [-0.15, -0.1) is 6.58 Å². The molecular weight excluding hydrogens is 322 g/mol. The van der Waals surface area contributed by atoms with Crippen molar-refractivity contribution in [2.24, 2.45) is 0 Å². The fourth-order valence-corrected chi connectivity index (χ4v) is 4.66. The number of benzene rings is 1. The van der Waals surface area contributed by atoms with Crippen LogP contribution in [-0.2, 0) is 21.1 Å². The number of sulfone groups is 1. The molecule has 4 nitrogen and oxygen atoms in total. The van der Waals surface area contributed by atoms with E-state index in [9.17, 15) is 13.2 Å². The maximum absolute atomic E-state index is 12.6. The Morgan fingerprint density at radius 1 is 1.33 bits per heavy atom. The number of rotatable bonds is 7. The first-order valence-electron chi connectivity index (χ1n) is 8.24. The van der Waals surface area contributed by atoms with E-state index in [1.165, 1.54) is 5.56 Å². The predicted molar refractivity (Wildman–Crippen MR) is 97.5 cm³/mol. The van der Waals surface area contributed by atoms with Crippen molar-refractivity contribution in [2.45, 2.75) is 32.2 Å². The molecule has 1 heterocycles. The molecular formula is C19H25NO3S. The molecule has 0 aliphatic carbocycles. The van der Waals surface area contributed by atoms with Crippen molar-refractivity contribution in [3.63, 3.8) is 0 Å². The van der Waals surface area contributed by atoms with E-state index >= 15 is 0 Å². The van der Waals surface area contributed by atoms with E-state index in [1.54, 1.807) is 17.1 Å². The maximum atomic E-state index is 12.6. The topological polar surface area (TPSA) is 54.5 Å². The third-order valence-corrected chi connectivity index (χ3v) is 6.03. The zero-order valence-corrected chi connectivity index (χ0v) is 15.0. The van der Waals surface area contributed by atoms with E-state index in [4.69, 9.17) is 0 Å². The third-order valence-electron chi connectivity index (χ3n) is 4.28. The normalized spacial score (nSPS) is 19.9. The molecule has 1 amide bonds. The second-order valence-corrected chi connectivity index (χ2v) is 8.54. The number of hydrogen-bond acceptors (Lipinski definition) is 3. The Balaban J connectivity index is 1.99. The number of carbonyl (C=O) groups is 1. The molecule has 0 unspecified atom stereocenters. The van der Waals surface area contributed by atoms with E-state index < -0.39 is 9.84 Å². The highest BCUT2D eigenvalue weighted by molar-refractivity contribution is 7.91. The van der Waals surface area contributed by atoms with Crippen LogP contribution >= 0.6 is 0 Å². The molecule has 0 radical (unpaired) electrons. The first-order valence-corrected chi connectivity index (χ1v) is 10.1. The Morgan fingerprint density at radius 2 is 2.04 bits per heavy atom. The van der Waals surface area contributed by atoms with Gasteiger partial charge in [0.2, 0.25) is 5.91 Å². The Morgan fingerprint density at radius 3 is 2.62 bits per heavy atom. The second-order valence-electron chi connectivity index (χ2n) is 6.31. The largest absolute Gasteiger partial charge is 0.331 e. The number of allylic oxidation sites excluding steroid dienone is 1.